The molecule has 23 heavy (non-hydrogen) atoms. The van der Waals surface area contributed by atoms with E-state index in [0.717, 1.165) is 50.6 Å². The van der Waals surface area contributed by atoms with Crippen molar-refractivity contribution in [1.82, 2.24) is 19.4 Å². The number of piperidine rings is 1. The summed E-state index contributed by atoms with van der Waals surface area (Å²) in [6.45, 7) is 7.66. The van der Waals surface area contributed by atoms with Gasteiger partial charge in [0.05, 0.1) is 24.8 Å². The maximum absolute atomic E-state index is 12.2. The van der Waals surface area contributed by atoms with Crippen LogP contribution in [0.5, 0.6) is 0 Å². The summed E-state index contributed by atoms with van der Waals surface area (Å²) in [6, 6.07) is 1.67. The van der Waals surface area contributed by atoms with Gasteiger partial charge in [0.15, 0.2) is 0 Å². The fourth-order valence-corrected chi connectivity index (χ4v) is 3.02. The van der Waals surface area contributed by atoms with Crippen LogP contribution in [0.15, 0.2) is 34.1 Å². The van der Waals surface area contributed by atoms with Gasteiger partial charge in [-0.3, -0.25) is 14.3 Å². The zero-order chi connectivity index (χ0) is 16.2. The van der Waals surface area contributed by atoms with Gasteiger partial charge in [-0.05, 0) is 37.8 Å². The second-order valence-electron chi connectivity index (χ2n) is 6.60. The van der Waals surface area contributed by atoms with Crippen LogP contribution >= 0.6 is 0 Å². The molecule has 1 fully saturated rings. The van der Waals surface area contributed by atoms with Crippen LogP contribution in [0, 0.1) is 5.92 Å². The van der Waals surface area contributed by atoms with Crippen molar-refractivity contribution < 1.29 is 4.42 Å². The minimum absolute atomic E-state index is 0.0610. The minimum Gasteiger partial charge on any atom is -0.448 e. The Hall–Kier alpha value is -1.95. The molecule has 0 amide bonds. The van der Waals surface area contributed by atoms with E-state index in [0.29, 0.717) is 5.92 Å². The lowest BCUT2D eigenvalue weighted by Crippen LogP contribution is -2.36. The van der Waals surface area contributed by atoms with Crippen LogP contribution in [0.25, 0.3) is 0 Å². The van der Waals surface area contributed by atoms with Gasteiger partial charge in [0.2, 0.25) is 5.89 Å². The van der Waals surface area contributed by atoms with Crippen molar-refractivity contribution in [2.75, 3.05) is 13.1 Å². The van der Waals surface area contributed by atoms with E-state index in [-0.39, 0.29) is 11.5 Å². The molecule has 124 valence electrons. The standard InChI is InChI=1S/C17H24N4O2/c1-13(2)15-9-17(22)21(12-19-15)10-14-3-6-20(7-4-14)11-16-18-5-8-23-16/h5,8-9,12-14H,3-4,6-7,10-11H2,1-2H3. The van der Waals surface area contributed by atoms with Crippen molar-refractivity contribution in [1.29, 1.82) is 0 Å². The Morgan fingerprint density at radius 3 is 2.70 bits per heavy atom. The number of likely N-dealkylation sites (tertiary alicyclic amines) is 1. The molecule has 0 radical (unpaired) electrons. The Morgan fingerprint density at radius 2 is 2.09 bits per heavy atom. The molecule has 2 aromatic heterocycles. The molecule has 1 saturated heterocycles. The molecule has 0 bridgehead atoms. The third-order valence-corrected chi connectivity index (χ3v) is 4.50. The number of aromatic nitrogens is 3. The average Bonchev–Trinajstić information content (AvgIpc) is 3.04. The van der Waals surface area contributed by atoms with Crippen LogP contribution < -0.4 is 5.56 Å². The van der Waals surface area contributed by atoms with E-state index in [1.807, 2.05) is 0 Å². The lowest BCUT2D eigenvalue weighted by molar-refractivity contribution is 0.154. The lowest BCUT2D eigenvalue weighted by atomic mass is 9.96. The summed E-state index contributed by atoms with van der Waals surface area (Å²) in [7, 11) is 0. The molecule has 0 spiro atoms. The van der Waals surface area contributed by atoms with Crippen LogP contribution in [0.1, 0.15) is 44.2 Å². The molecule has 0 saturated carbocycles. The monoisotopic (exact) mass is 316 g/mol. The van der Waals surface area contributed by atoms with E-state index >= 15 is 0 Å². The highest BCUT2D eigenvalue weighted by Gasteiger charge is 2.21. The van der Waals surface area contributed by atoms with Gasteiger partial charge in [0.25, 0.3) is 5.56 Å². The Kier molecular flexibility index (Phi) is 4.91. The summed E-state index contributed by atoms with van der Waals surface area (Å²) in [5.41, 5.74) is 0.929. The second kappa shape index (κ2) is 7.08. The van der Waals surface area contributed by atoms with Crippen LogP contribution in [0.2, 0.25) is 0 Å². The Labute approximate surface area is 136 Å². The summed E-state index contributed by atoms with van der Waals surface area (Å²) in [6.07, 6.45) is 7.17. The van der Waals surface area contributed by atoms with Crippen molar-refractivity contribution in [3.8, 4) is 0 Å². The van der Waals surface area contributed by atoms with E-state index in [1.54, 1.807) is 29.4 Å². The molecule has 3 rings (SSSR count). The molecule has 0 N–H and O–H groups in total. The van der Waals surface area contributed by atoms with Crippen LogP contribution in [-0.2, 0) is 13.1 Å². The molecule has 0 aliphatic carbocycles. The highest BCUT2D eigenvalue weighted by Crippen LogP contribution is 2.20. The number of hydrogen-bond donors (Lipinski definition) is 0. The largest absolute Gasteiger partial charge is 0.448 e. The maximum Gasteiger partial charge on any atom is 0.253 e. The van der Waals surface area contributed by atoms with E-state index in [4.69, 9.17) is 4.42 Å². The molecular formula is C17H24N4O2. The lowest BCUT2D eigenvalue weighted by Gasteiger charge is -2.31. The Balaban J connectivity index is 1.53. The molecule has 2 aromatic rings. The quantitative estimate of drug-likeness (QED) is 0.846. The van der Waals surface area contributed by atoms with Gasteiger partial charge in [0.1, 0.15) is 6.26 Å². The van der Waals surface area contributed by atoms with Crippen molar-refractivity contribution >= 4 is 0 Å². The number of rotatable bonds is 5. The second-order valence-corrected chi connectivity index (χ2v) is 6.60. The number of oxazole rings is 1. The first-order valence-electron chi connectivity index (χ1n) is 8.29. The first-order valence-corrected chi connectivity index (χ1v) is 8.29. The van der Waals surface area contributed by atoms with E-state index in [9.17, 15) is 4.79 Å². The fourth-order valence-electron chi connectivity index (χ4n) is 3.02. The molecular weight excluding hydrogens is 292 g/mol. The Bertz CT molecular complexity index is 670. The van der Waals surface area contributed by atoms with Crippen molar-refractivity contribution in [3.63, 3.8) is 0 Å². The maximum atomic E-state index is 12.2. The van der Waals surface area contributed by atoms with Gasteiger partial charge in [-0.1, -0.05) is 13.8 Å². The van der Waals surface area contributed by atoms with E-state index < -0.39 is 0 Å². The predicted molar refractivity (Wildman–Crippen MR) is 87.1 cm³/mol. The molecule has 3 heterocycles. The summed E-state index contributed by atoms with van der Waals surface area (Å²) in [5.74, 6) is 1.59. The molecule has 1 aliphatic rings. The van der Waals surface area contributed by atoms with Crippen LogP contribution in [0.4, 0.5) is 0 Å². The van der Waals surface area contributed by atoms with Crippen LogP contribution in [0.3, 0.4) is 0 Å². The van der Waals surface area contributed by atoms with Gasteiger partial charge < -0.3 is 4.42 Å². The molecule has 0 unspecified atom stereocenters. The third kappa shape index (κ3) is 4.07. The van der Waals surface area contributed by atoms with Crippen molar-refractivity contribution in [2.24, 2.45) is 5.92 Å². The number of hydrogen-bond acceptors (Lipinski definition) is 5. The van der Waals surface area contributed by atoms with E-state index in [2.05, 4.69) is 28.7 Å². The molecule has 0 aromatic carbocycles. The van der Waals surface area contributed by atoms with Crippen molar-refractivity contribution in [2.45, 2.75) is 45.7 Å². The highest BCUT2D eigenvalue weighted by molar-refractivity contribution is 5.04. The fraction of sp³-hybridized carbons (Fsp3) is 0.588. The van der Waals surface area contributed by atoms with Gasteiger partial charge in [0, 0.05) is 12.6 Å². The minimum atomic E-state index is 0.0610. The third-order valence-electron chi connectivity index (χ3n) is 4.50. The van der Waals surface area contributed by atoms with Gasteiger partial charge in [-0.15, -0.1) is 0 Å². The van der Waals surface area contributed by atoms with Crippen LogP contribution in [-0.4, -0.2) is 32.5 Å². The SMILES string of the molecule is CC(C)c1cc(=O)n(CC2CCN(Cc3ncco3)CC2)cn1. The van der Waals surface area contributed by atoms with E-state index in [1.165, 1.54) is 0 Å². The Morgan fingerprint density at radius 1 is 1.30 bits per heavy atom. The summed E-state index contributed by atoms with van der Waals surface area (Å²) in [5, 5.41) is 0. The highest BCUT2D eigenvalue weighted by atomic mass is 16.3. The first kappa shape index (κ1) is 15.9. The first-order chi connectivity index (χ1) is 11.1. The van der Waals surface area contributed by atoms with Gasteiger partial charge >= 0.3 is 0 Å². The van der Waals surface area contributed by atoms with Gasteiger partial charge in [-0.2, -0.15) is 0 Å². The zero-order valence-electron chi connectivity index (χ0n) is 13.8. The summed E-state index contributed by atoms with van der Waals surface area (Å²) < 4.78 is 7.05. The molecule has 6 heteroatoms. The zero-order valence-corrected chi connectivity index (χ0v) is 13.8. The van der Waals surface area contributed by atoms with Gasteiger partial charge in [-0.25, -0.2) is 9.97 Å². The summed E-state index contributed by atoms with van der Waals surface area (Å²) >= 11 is 0. The normalized spacial score (nSPS) is 17.0. The smallest absolute Gasteiger partial charge is 0.253 e. The molecule has 6 nitrogen and oxygen atoms in total. The molecule has 1 aliphatic heterocycles. The predicted octanol–water partition coefficient (Wildman–Crippen LogP) is 2.27. The van der Waals surface area contributed by atoms with Crippen molar-refractivity contribution in [3.05, 3.63) is 46.8 Å². The topological polar surface area (TPSA) is 64.2 Å². The average molecular weight is 316 g/mol. The summed E-state index contributed by atoms with van der Waals surface area (Å²) in [4.78, 5) is 23.1. The number of nitrogens with zero attached hydrogens (tertiary/aromatic N) is 4. The molecule has 0 atom stereocenters.